The van der Waals surface area contributed by atoms with Crippen molar-refractivity contribution >= 4 is 6.98 Å². The molecule has 1 heterocycles. The molecule has 72 valence electrons. The molecular weight excluding hydrogens is 217 g/mol. The molecule has 0 atom stereocenters. The number of hydrogen-bond acceptors (Lipinski definition) is 1. The number of hydrogen-bond donors (Lipinski definition) is 0. The van der Waals surface area contributed by atoms with Gasteiger partial charge in [0.05, 0.1) is 0 Å². The fourth-order valence-corrected chi connectivity index (χ4v) is 1.09. The molecule has 1 rings (SSSR count). The molecule has 6 heteroatoms. The van der Waals surface area contributed by atoms with E-state index in [0.29, 0.717) is 5.56 Å². The monoisotopic (exact) mass is 227 g/mol. The third kappa shape index (κ3) is 6.19. The Morgan fingerprint density at radius 2 is 2.00 bits per heavy atom. The van der Waals surface area contributed by atoms with Crippen LogP contribution in [0.4, 0.5) is 12.9 Å². The third-order valence-electron chi connectivity index (χ3n) is 1.72. The number of aromatic nitrogens is 1. The van der Waals surface area contributed by atoms with Gasteiger partial charge in [0.25, 0.3) is 0 Å². The minimum atomic E-state index is -4.66. The van der Waals surface area contributed by atoms with Crippen LogP contribution >= 0.6 is 0 Å². The van der Waals surface area contributed by atoms with Gasteiger partial charge in [-0.25, -0.2) is 0 Å². The van der Waals surface area contributed by atoms with Crippen LogP contribution < -0.4 is 51.4 Å². The van der Waals surface area contributed by atoms with Crippen LogP contribution in [-0.4, -0.2) is 12.0 Å². The Morgan fingerprint density at radius 1 is 1.36 bits per heavy atom. The number of nitrogens with zero attached hydrogens (tertiary/aromatic N) is 1. The molecule has 0 spiro atoms. The van der Waals surface area contributed by atoms with Crippen molar-refractivity contribution < 1.29 is 64.3 Å². The van der Waals surface area contributed by atoms with Crippen molar-refractivity contribution in [2.75, 3.05) is 0 Å². The molecule has 0 unspecified atom stereocenters. The van der Waals surface area contributed by atoms with Crippen LogP contribution in [0.5, 0.6) is 0 Å². The van der Waals surface area contributed by atoms with Gasteiger partial charge < -0.3 is 12.9 Å². The maximum atomic E-state index is 11.9. The van der Waals surface area contributed by atoms with E-state index in [1.807, 2.05) is 0 Å². The summed E-state index contributed by atoms with van der Waals surface area (Å²) >= 11 is 0. The SMILES string of the molecule is Cc1cc(CC[B-](F)(F)F)ccn1.[K+]. The Kier molecular flexibility index (Phi) is 6.56. The predicted molar refractivity (Wildman–Crippen MR) is 46.6 cm³/mol. The second-order valence-corrected chi connectivity index (χ2v) is 3.05. The van der Waals surface area contributed by atoms with Gasteiger partial charge in [0.1, 0.15) is 0 Å². The van der Waals surface area contributed by atoms with E-state index < -0.39 is 13.3 Å². The van der Waals surface area contributed by atoms with Gasteiger partial charge in [-0.2, -0.15) is 0 Å². The Hall–Kier alpha value is 0.641. The van der Waals surface area contributed by atoms with Crippen LogP contribution in [0, 0.1) is 6.92 Å². The van der Waals surface area contributed by atoms with Crippen molar-refractivity contribution in [1.82, 2.24) is 4.98 Å². The molecule has 0 aliphatic heterocycles. The molecule has 1 aromatic heterocycles. The fraction of sp³-hybridized carbons (Fsp3) is 0.375. The van der Waals surface area contributed by atoms with Gasteiger partial charge in [-0.1, -0.05) is 12.7 Å². The van der Waals surface area contributed by atoms with Crippen LogP contribution in [0.3, 0.4) is 0 Å². The second-order valence-electron chi connectivity index (χ2n) is 3.05. The molecule has 1 nitrogen and oxygen atoms in total. The van der Waals surface area contributed by atoms with Gasteiger partial charge >= 0.3 is 58.4 Å². The Balaban J connectivity index is 0.00000169. The Morgan fingerprint density at radius 3 is 2.50 bits per heavy atom. The summed E-state index contributed by atoms with van der Waals surface area (Å²) in [4.78, 5) is 3.91. The molecule has 0 saturated carbocycles. The van der Waals surface area contributed by atoms with Crippen LogP contribution in [0.2, 0.25) is 6.32 Å². The van der Waals surface area contributed by atoms with Gasteiger partial charge in [0, 0.05) is 11.9 Å². The zero-order valence-corrected chi connectivity index (χ0v) is 11.4. The summed E-state index contributed by atoms with van der Waals surface area (Å²) < 4.78 is 35.7. The third-order valence-corrected chi connectivity index (χ3v) is 1.72. The van der Waals surface area contributed by atoms with E-state index in [-0.39, 0.29) is 57.8 Å². The molecule has 14 heavy (non-hydrogen) atoms. The normalized spacial score (nSPS) is 10.9. The number of aryl methyl sites for hydroxylation is 2. The smallest absolute Gasteiger partial charge is 0.449 e. The average Bonchev–Trinajstić information content (AvgIpc) is 2.00. The van der Waals surface area contributed by atoms with Crippen LogP contribution in [0.25, 0.3) is 0 Å². The van der Waals surface area contributed by atoms with E-state index in [0.717, 1.165) is 5.69 Å². The molecular formula is C8H10BF3KN. The molecule has 0 N–H and O–H groups in total. The summed E-state index contributed by atoms with van der Waals surface area (Å²) in [5.41, 5.74) is 1.46. The summed E-state index contributed by atoms with van der Waals surface area (Å²) in [5, 5.41) is 0. The van der Waals surface area contributed by atoms with Gasteiger partial charge in [-0.15, -0.1) is 0 Å². The average molecular weight is 227 g/mol. The van der Waals surface area contributed by atoms with Crippen molar-refractivity contribution in [1.29, 1.82) is 0 Å². The second kappa shape index (κ2) is 6.27. The molecule has 0 bridgehead atoms. The van der Waals surface area contributed by atoms with Gasteiger partial charge in [0.2, 0.25) is 0 Å². The van der Waals surface area contributed by atoms with Crippen molar-refractivity contribution in [2.45, 2.75) is 19.7 Å². The van der Waals surface area contributed by atoms with Crippen LogP contribution in [0.15, 0.2) is 18.3 Å². The molecule has 0 aliphatic rings. The van der Waals surface area contributed by atoms with E-state index in [1.165, 1.54) is 6.20 Å². The molecule has 0 fully saturated rings. The first-order valence-electron chi connectivity index (χ1n) is 4.10. The van der Waals surface area contributed by atoms with E-state index in [1.54, 1.807) is 19.1 Å². The minimum Gasteiger partial charge on any atom is -0.449 e. The molecule has 0 radical (unpaired) electrons. The molecule has 0 saturated heterocycles. The van der Waals surface area contributed by atoms with Crippen molar-refractivity contribution in [3.63, 3.8) is 0 Å². The van der Waals surface area contributed by atoms with Gasteiger partial charge in [0.15, 0.2) is 0 Å². The summed E-state index contributed by atoms with van der Waals surface area (Å²) in [6.45, 7) is -2.89. The Bertz CT molecular complexity index is 290. The standard InChI is InChI=1S/C8H10BF3N.K/c1-7-6-8(3-5-13-7)2-4-9(10,11)12;/h3,5-6H,2,4H2,1H3;/q-1;+1. The largest absolute Gasteiger partial charge is 1.00 e. The zero-order valence-electron chi connectivity index (χ0n) is 8.30. The quantitative estimate of drug-likeness (QED) is 0.651. The van der Waals surface area contributed by atoms with Crippen LogP contribution in [-0.2, 0) is 6.42 Å². The van der Waals surface area contributed by atoms with E-state index in [2.05, 4.69) is 4.98 Å². The first kappa shape index (κ1) is 14.6. The fourth-order valence-electron chi connectivity index (χ4n) is 1.09. The summed E-state index contributed by atoms with van der Waals surface area (Å²) in [7, 11) is 0. The maximum absolute atomic E-state index is 11.9. The van der Waals surface area contributed by atoms with E-state index >= 15 is 0 Å². The van der Waals surface area contributed by atoms with Crippen LogP contribution in [0.1, 0.15) is 11.3 Å². The molecule has 0 aromatic carbocycles. The number of pyridine rings is 1. The first-order chi connectivity index (χ1) is 5.97. The summed E-state index contributed by atoms with van der Waals surface area (Å²) in [6.07, 6.45) is 0.893. The topological polar surface area (TPSA) is 12.9 Å². The van der Waals surface area contributed by atoms with Crippen molar-refractivity contribution in [3.05, 3.63) is 29.6 Å². The summed E-state index contributed by atoms with van der Waals surface area (Å²) in [5.74, 6) is 0. The van der Waals surface area contributed by atoms with E-state index in [4.69, 9.17) is 0 Å². The number of rotatable bonds is 3. The zero-order chi connectivity index (χ0) is 9.90. The first-order valence-corrected chi connectivity index (χ1v) is 4.10. The van der Waals surface area contributed by atoms with Gasteiger partial charge in [-0.05, 0) is 24.6 Å². The van der Waals surface area contributed by atoms with Gasteiger partial charge in [-0.3, -0.25) is 4.98 Å². The van der Waals surface area contributed by atoms with E-state index in [9.17, 15) is 12.9 Å². The molecule has 0 amide bonds. The van der Waals surface area contributed by atoms with Crippen molar-refractivity contribution in [3.8, 4) is 0 Å². The number of halogens is 3. The van der Waals surface area contributed by atoms with Crippen molar-refractivity contribution in [2.24, 2.45) is 0 Å². The maximum Gasteiger partial charge on any atom is 1.00 e. The molecule has 1 aromatic rings. The minimum absolute atomic E-state index is 0. The predicted octanol–water partition coefficient (Wildman–Crippen LogP) is -0.216. The Labute approximate surface area is 124 Å². The summed E-state index contributed by atoms with van der Waals surface area (Å²) in [6, 6.07) is 3.30. The molecule has 0 aliphatic carbocycles.